The van der Waals surface area contributed by atoms with Crippen molar-refractivity contribution in [1.29, 1.82) is 0 Å². The number of hydrogen-bond donors (Lipinski definition) is 2. The molecule has 11 heteroatoms. The van der Waals surface area contributed by atoms with Crippen LogP contribution in [0.15, 0.2) is 90.2 Å². The number of carboxylic acids is 1. The van der Waals surface area contributed by atoms with Crippen molar-refractivity contribution in [1.82, 2.24) is 20.2 Å². The molecule has 2 heterocycles. The molecule has 0 aliphatic rings. The van der Waals surface area contributed by atoms with E-state index in [0.29, 0.717) is 23.1 Å². The lowest BCUT2D eigenvalue weighted by Crippen LogP contribution is -2.01. The number of ether oxygens (including phenoxy) is 1. The number of allylic oxidation sites excluding steroid dienone is 1. The van der Waals surface area contributed by atoms with Gasteiger partial charge in [0.05, 0.1) is 23.3 Å². The highest BCUT2D eigenvalue weighted by Crippen LogP contribution is 2.36. The van der Waals surface area contributed by atoms with Gasteiger partial charge in [0, 0.05) is 12.3 Å². The Labute approximate surface area is 241 Å². The number of sulfone groups is 1. The molecule has 42 heavy (non-hydrogen) atoms. The van der Waals surface area contributed by atoms with Crippen LogP contribution in [0.4, 0.5) is 4.39 Å². The number of carbonyl (C=O) groups is 1. The molecule has 9 nitrogen and oxygen atoms in total. The molecule has 0 amide bonds. The summed E-state index contributed by atoms with van der Waals surface area (Å²) in [6, 6.07) is 20.2. The monoisotopic (exact) mass is 584 g/mol. The van der Waals surface area contributed by atoms with Gasteiger partial charge in [-0.1, -0.05) is 49.4 Å². The van der Waals surface area contributed by atoms with Crippen molar-refractivity contribution in [2.24, 2.45) is 0 Å². The first kappa shape index (κ1) is 28.4. The molecule has 0 bridgehead atoms. The zero-order valence-corrected chi connectivity index (χ0v) is 23.4. The maximum Gasteiger partial charge on any atom is 0.328 e. The first-order valence-electron chi connectivity index (χ1n) is 12.8. The molecule has 0 aliphatic heterocycles. The number of carboxylic acid groups (broad SMARTS) is 1. The topological polar surface area (TPSA) is 135 Å². The molecule has 5 aromatic rings. The number of halogens is 1. The molecule has 0 spiro atoms. The Kier molecular flexibility index (Phi) is 7.94. The highest BCUT2D eigenvalue weighted by atomic mass is 32.2. The third-order valence-electron chi connectivity index (χ3n) is 6.49. The van der Waals surface area contributed by atoms with Gasteiger partial charge >= 0.3 is 5.97 Å². The van der Waals surface area contributed by atoms with Crippen LogP contribution in [0.25, 0.3) is 28.1 Å². The molecular weight excluding hydrogens is 559 g/mol. The van der Waals surface area contributed by atoms with E-state index < -0.39 is 21.8 Å². The number of nitrogens with one attached hydrogen (secondary N) is 1. The van der Waals surface area contributed by atoms with Crippen LogP contribution in [0.1, 0.15) is 35.6 Å². The van der Waals surface area contributed by atoms with Gasteiger partial charge in [0.2, 0.25) is 11.8 Å². The standard InChI is InChI=1S/C31H25FN4O5S/c1-3-24(20-9-12-23(13-10-20)41-27-17-34-28(18-33-27)42(2,39)40)30(21-7-4-19(5-8-21)6-15-29(37)38)22-11-14-26-25(16-22)31(32)36-35-26/h4-18H,3H2,1-2H3,(H,35,36)(H,37,38). The lowest BCUT2D eigenvalue weighted by molar-refractivity contribution is -0.131. The average Bonchev–Trinajstić information content (AvgIpc) is 3.35. The summed E-state index contributed by atoms with van der Waals surface area (Å²) in [5.74, 6) is -0.996. The van der Waals surface area contributed by atoms with Crippen LogP contribution < -0.4 is 4.74 Å². The maximum absolute atomic E-state index is 14.4. The average molecular weight is 585 g/mol. The van der Waals surface area contributed by atoms with Gasteiger partial charge in [-0.25, -0.2) is 23.2 Å². The van der Waals surface area contributed by atoms with Crippen molar-refractivity contribution in [3.05, 3.63) is 113 Å². The fourth-order valence-electron chi connectivity index (χ4n) is 4.50. The predicted molar refractivity (Wildman–Crippen MR) is 157 cm³/mol. The Morgan fingerprint density at radius 2 is 1.67 bits per heavy atom. The second-order valence-electron chi connectivity index (χ2n) is 9.37. The summed E-state index contributed by atoms with van der Waals surface area (Å²) in [4.78, 5) is 18.9. The minimum absolute atomic E-state index is 0.144. The number of rotatable bonds is 9. The lowest BCUT2D eigenvalue weighted by Gasteiger charge is -2.17. The summed E-state index contributed by atoms with van der Waals surface area (Å²) in [7, 11) is -3.47. The number of fused-ring (bicyclic) bond motifs is 1. The third kappa shape index (κ3) is 6.26. The first-order valence-corrected chi connectivity index (χ1v) is 14.7. The molecule has 0 saturated carbocycles. The molecule has 0 aliphatic carbocycles. The molecule has 3 aromatic carbocycles. The van der Waals surface area contributed by atoms with Crippen LogP contribution >= 0.6 is 0 Å². The summed E-state index contributed by atoms with van der Waals surface area (Å²) in [5, 5.41) is 15.6. The van der Waals surface area contributed by atoms with Crippen LogP contribution in [0.3, 0.4) is 0 Å². The largest absolute Gasteiger partial charge is 0.478 e. The Bertz CT molecular complexity index is 1930. The van der Waals surface area contributed by atoms with Crippen molar-refractivity contribution in [3.8, 4) is 11.6 Å². The van der Waals surface area contributed by atoms with Crippen molar-refractivity contribution in [2.75, 3.05) is 6.26 Å². The number of benzene rings is 3. The SMILES string of the molecule is CCC(=C(c1ccc(C=CC(=O)O)cc1)c1ccc2[nH]nc(F)c2c1)c1ccc(Oc2cnc(S(C)(=O)=O)cn2)cc1. The van der Waals surface area contributed by atoms with Crippen LogP contribution in [0.5, 0.6) is 11.6 Å². The molecule has 2 aromatic heterocycles. The van der Waals surface area contributed by atoms with Crippen LogP contribution in [-0.2, 0) is 14.6 Å². The molecule has 0 unspecified atom stereocenters. The summed E-state index contributed by atoms with van der Waals surface area (Å²) in [5.41, 5.74) is 5.72. The number of H-pyrrole nitrogens is 1. The predicted octanol–water partition coefficient (Wildman–Crippen LogP) is 6.15. The van der Waals surface area contributed by atoms with Gasteiger partial charge < -0.3 is 9.84 Å². The van der Waals surface area contributed by atoms with Gasteiger partial charge in [-0.15, -0.1) is 5.10 Å². The van der Waals surface area contributed by atoms with Gasteiger partial charge in [0.15, 0.2) is 14.9 Å². The smallest absolute Gasteiger partial charge is 0.328 e. The number of aromatic amines is 1. The van der Waals surface area contributed by atoms with E-state index in [9.17, 15) is 17.6 Å². The molecule has 212 valence electrons. The molecule has 2 N–H and O–H groups in total. The van der Waals surface area contributed by atoms with E-state index in [1.54, 1.807) is 24.3 Å². The molecule has 5 rings (SSSR count). The van der Waals surface area contributed by atoms with E-state index in [1.807, 2.05) is 49.4 Å². The molecular formula is C31H25FN4O5S. The van der Waals surface area contributed by atoms with Crippen LogP contribution in [0.2, 0.25) is 0 Å². The number of nitrogens with zero attached hydrogens (tertiary/aromatic N) is 3. The second kappa shape index (κ2) is 11.8. The highest BCUT2D eigenvalue weighted by Gasteiger charge is 2.16. The summed E-state index contributed by atoms with van der Waals surface area (Å²) in [6.45, 7) is 2.03. The van der Waals surface area contributed by atoms with E-state index in [2.05, 4.69) is 20.2 Å². The van der Waals surface area contributed by atoms with Gasteiger partial charge in [0.25, 0.3) is 0 Å². The van der Waals surface area contributed by atoms with E-state index in [0.717, 1.165) is 51.9 Å². The maximum atomic E-state index is 14.4. The van der Waals surface area contributed by atoms with Crippen LogP contribution in [0, 0.1) is 5.95 Å². The second-order valence-corrected chi connectivity index (χ2v) is 11.3. The van der Waals surface area contributed by atoms with E-state index in [-0.39, 0.29) is 10.9 Å². The fourth-order valence-corrected chi connectivity index (χ4v) is 4.99. The minimum atomic E-state index is -3.47. The normalized spacial score (nSPS) is 12.5. The van der Waals surface area contributed by atoms with Crippen molar-refractivity contribution in [2.45, 2.75) is 18.4 Å². The molecule has 0 radical (unpaired) electrons. The zero-order valence-electron chi connectivity index (χ0n) is 22.6. The van der Waals surface area contributed by atoms with Crippen molar-refractivity contribution in [3.63, 3.8) is 0 Å². The van der Waals surface area contributed by atoms with Crippen LogP contribution in [-0.4, -0.2) is 45.9 Å². The van der Waals surface area contributed by atoms with Crippen molar-refractivity contribution < 1.29 is 27.4 Å². The first-order chi connectivity index (χ1) is 20.1. The van der Waals surface area contributed by atoms with Gasteiger partial charge in [-0.2, -0.15) is 4.39 Å². The molecule has 0 fully saturated rings. The van der Waals surface area contributed by atoms with Gasteiger partial charge in [-0.3, -0.25) is 5.10 Å². The third-order valence-corrected chi connectivity index (χ3v) is 7.46. The Hall–Kier alpha value is -5.16. The fraction of sp³-hybridized carbons (Fsp3) is 0.0968. The Morgan fingerprint density at radius 3 is 2.29 bits per heavy atom. The van der Waals surface area contributed by atoms with Crippen molar-refractivity contribution >= 4 is 43.9 Å². The summed E-state index contributed by atoms with van der Waals surface area (Å²) >= 11 is 0. The lowest BCUT2D eigenvalue weighted by atomic mass is 9.87. The summed E-state index contributed by atoms with van der Waals surface area (Å²) in [6.07, 6.45) is 6.68. The van der Waals surface area contributed by atoms with E-state index in [1.165, 1.54) is 12.3 Å². The molecule has 0 atom stereocenters. The number of hydrogen-bond acceptors (Lipinski definition) is 7. The van der Waals surface area contributed by atoms with Gasteiger partial charge in [0.1, 0.15) is 5.75 Å². The number of aliphatic carboxylic acids is 1. The Balaban J connectivity index is 1.55. The highest BCUT2D eigenvalue weighted by molar-refractivity contribution is 7.90. The minimum Gasteiger partial charge on any atom is -0.478 e. The Morgan fingerprint density at radius 1 is 0.976 bits per heavy atom. The number of aromatic nitrogens is 4. The zero-order chi connectivity index (χ0) is 29.9. The van der Waals surface area contributed by atoms with Gasteiger partial charge in [-0.05, 0) is 70.2 Å². The van der Waals surface area contributed by atoms with E-state index in [4.69, 9.17) is 9.84 Å². The quantitative estimate of drug-likeness (QED) is 0.155. The summed E-state index contributed by atoms with van der Waals surface area (Å²) < 4.78 is 43.5. The molecule has 0 saturated heterocycles. The van der Waals surface area contributed by atoms with E-state index >= 15 is 0 Å².